The Kier molecular flexibility index (Phi) is 4.46. The Bertz CT molecular complexity index is 492. The molecule has 1 aliphatic rings. The van der Waals surface area contributed by atoms with E-state index in [4.69, 9.17) is 16.6 Å². The van der Waals surface area contributed by atoms with Crippen molar-refractivity contribution in [3.63, 3.8) is 0 Å². The van der Waals surface area contributed by atoms with Gasteiger partial charge in [0.05, 0.1) is 12.6 Å². The van der Waals surface area contributed by atoms with Gasteiger partial charge in [0.1, 0.15) is 10.7 Å². The predicted molar refractivity (Wildman–Crippen MR) is 80.0 cm³/mol. The summed E-state index contributed by atoms with van der Waals surface area (Å²) in [5.74, 6) is 0.0313. The maximum absolute atomic E-state index is 12.3. The zero-order valence-corrected chi connectivity index (χ0v) is 12.6. The molecule has 1 saturated heterocycles. The van der Waals surface area contributed by atoms with Crippen molar-refractivity contribution >= 4 is 28.2 Å². The molecule has 2 unspecified atom stereocenters. The molecule has 0 aliphatic carbocycles. The first-order valence-corrected chi connectivity index (χ1v) is 7.40. The van der Waals surface area contributed by atoms with E-state index >= 15 is 0 Å². The molecule has 0 spiro atoms. The van der Waals surface area contributed by atoms with Crippen molar-refractivity contribution in [2.24, 2.45) is 5.73 Å². The summed E-state index contributed by atoms with van der Waals surface area (Å²) in [5.41, 5.74) is 11.7. The topological polar surface area (TPSA) is 109 Å². The molecule has 7 nitrogen and oxygen atoms in total. The Morgan fingerprint density at radius 3 is 2.95 bits per heavy atom. The minimum Gasteiger partial charge on any atom is -0.394 e. The SMILES string of the molecule is CC(CO)N(C)C(=O)c1sc(N2CCC(N)C2)nc1N. The molecule has 0 radical (unpaired) electrons. The van der Waals surface area contributed by atoms with E-state index in [0.717, 1.165) is 24.6 Å². The molecule has 2 atom stereocenters. The number of aliphatic hydroxyl groups excluding tert-OH is 1. The van der Waals surface area contributed by atoms with Crippen molar-refractivity contribution in [2.75, 3.05) is 37.4 Å². The Morgan fingerprint density at radius 2 is 2.40 bits per heavy atom. The molecule has 1 amide bonds. The number of carbonyl (C=O) groups excluding carboxylic acids is 1. The first kappa shape index (κ1) is 15.0. The number of hydrogen-bond acceptors (Lipinski definition) is 7. The van der Waals surface area contributed by atoms with Gasteiger partial charge in [-0.25, -0.2) is 4.98 Å². The van der Waals surface area contributed by atoms with Gasteiger partial charge in [-0.1, -0.05) is 11.3 Å². The van der Waals surface area contributed by atoms with Gasteiger partial charge < -0.3 is 26.4 Å². The minimum absolute atomic E-state index is 0.0885. The van der Waals surface area contributed by atoms with Crippen molar-refractivity contribution in [3.8, 4) is 0 Å². The van der Waals surface area contributed by atoms with Crippen LogP contribution >= 0.6 is 11.3 Å². The summed E-state index contributed by atoms with van der Waals surface area (Å²) < 4.78 is 0. The van der Waals surface area contributed by atoms with Crippen LogP contribution in [0.5, 0.6) is 0 Å². The summed E-state index contributed by atoms with van der Waals surface area (Å²) in [4.78, 5) is 20.5. The lowest BCUT2D eigenvalue weighted by Gasteiger charge is -2.22. The quantitative estimate of drug-likeness (QED) is 0.705. The molecule has 1 fully saturated rings. The molecule has 1 aromatic heterocycles. The van der Waals surface area contributed by atoms with Crippen LogP contribution in [0.3, 0.4) is 0 Å². The van der Waals surface area contributed by atoms with Gasteiger partial charge in [0.2, 0.25) is 0 Å². The molecule has 0 aromatic carbocycles. The minimum atomic E-state index is -0.257. The second-order valence-electron chi connectivity index (χ2n) is 5.15. The summed E-state index contributed by atoms with van der Waals surface area (Å²) in [6.45, 7) is 3.26. The molecule has 1 aromatic rings. The van der Waals surface area contributed by atoms with Gasteiger partial charge in [0.15, 0.2) is 5.13 Å². The number of hydrogen-bond donors (Lipinski definition) is 3. The summed E-state index contributed by atoms with van der Waals surface area (Å²) in [6.07, 6.45) is 0.921. The smallest absolute Gasteiger partial charge is 0.267 e. The fourth-order valence-corrected chi connectivity index (χ4v) is 3.06. The number of aliphatic hydroxyl groups is 1. The Balaban J connectivity index is 2.17. The second-order valence-corrected chi connectivity index (χ2v) is 6.13. The second kappa shape index (κ2) is 5.94. The molecule has 0 saturated carbocycles. The highest BCUT2D eigenvalue weighted by atomic mass is 32.1. The van der Waals surface area contributed by atoms with Gasteiger partial charge >= 0.3 is 0 Å². The average Bonchev–Trinajstić information content (AvgIpc) is 3.02. The monoisotopic (exact) mass is 299 g/mol. The number of likely N-dealkylation sites (N-methyl/N-ethyl adjacent to an activating group) is 1. The van der Waals surface area contributed by atoms with Crippen LogP contribution in [0, 0.1) is 0 Å². The van der Waals surface area contributed by atoms with E-state index in [1.165, 1.54) is 16.2 Å². The third-order valence-electron chi connectivity index (χ3n) is 3.58. The lowest BCUT2D eigenvalue weighted by molar-refractivity contribution is 0.0688. The standard InChI is InChI=1S/C12H21N5O2S/c1-7(6-18)16(2)11(19)9-10(14)15-12(20-9)17-4-3-8(13)5-17/h7-8,18H,3-6,13-14H2,1-2H3. The molecule has 112 valence electrons. The van der Waals surface area contributed by atoms with Crippen molar-refractivity contribution in [1.82, 2.24) is 9.88 Å². The number of nitrogens with zero attached hydrogens (tertiary/aromatic N) is 3. The summed E-state index contributed by atoms with van der Waals surface area (Å²) >= 11 is 1.28. The van der Waals surface area contributed by atoms with E-state index in [-0.39, 0.29) is 30.4 Å². The number of anilines is 2. The van der Waals surface area contributed by atoms with Gasteiger partial charge in [0.25, 0.3) is 5.91 Å². The van der Waals surface area contributed by atoms with Crippen LogP contribution in [0.1, 0.15) is 23.0 Å². The van der Waals surface area contributed by atoms with Crippen LogP contribution < -0.4 is 16.4 Å². The van der Waals surface area contributed by atoms with Crippen molar-refractivity contribution in [2.45, 2.75) is 25.4 Å². The summed E-state index contributed by atoms with van der Waals surface area (Å²) in [6, 6.07) is -0.107. The highest BCUT2D eigenvalue weighted by molar-refractivity contribution is 7.18. The lowest BCUT2D eigenvalue weighted by atomic mass is 10.3. The average molecular weight is 299 g/mol. The third-order valence-corrected chi connectivity index (χ3v) is 4.70. The number of rotatable bonds is 4. The maximum atomic E-state index is 12.3. The predicted octanol–water partition coefficient (Wildman–Crippen LogP) is -0.284. The summed E-state index contributed by atoms with van der Waals surface area (Å²) in [5, 5.41) is 9.86. The molecular weight excluding hydrogens is 278 g/mol. The van der Waals surface area contributed by atoms with E-state index in [0.29, 0.717) is 4.88 Å². The largest absolute Gasteiger partial charge is 0.394 e. The maximum Gasteiger partial charge on any atom is 0.267 e. The van der Waals surface area contributed by atoms with Crippen molar-refractivity contribution in [3.05, 3.63) is 4.88 Å². The van der Waals surface area contributed by atoms with Crippen LogP contribution in [0.25, 0.3) is 0 Å². The number of aromatic nitrogens is 1. The highest BCUT2D eigenvalue weighted by Crippen LogP contribution is 2.31. The van der Waals surface area contributed by atoms with Gasteiger partial charge in [0, 0.05) is 26.2 Å². The lowest BCUT2D eigenvalue weighted by Crippen LogP contribution is -2.37. The number of carbonyl (C=O) groups is 1. The number of nitrogens with two attached hydrogens (primary N) is 2. The molecule has 0 bridgehead atoms. The molecule has 2 heterocycles. The molecule has 20 heavy (non-hydrogen) atoms. The van der Waals surface area contributed by atoms with Gasteiger partial charge in [-0.2, -0.15) is 0 Å². The zero-order chi connectivity index (χ0) is 14.9. The van der Waals surface area contributed by atoms with E-state index < -0.39 is 0 Å². The highest BCUT2D eigenvalue weighted by Gasteiger charge is 2.27. The van der Waals surface area contributed by atoms with Gasteiger partial charge in [-0.05, 0) is 13.3 Å². The molecule has 1 aliphatic heterocycles. The number of amides is 1. The van der Waals surface area contributed by atoms with Gasteiger partial charge in [-0.3, -0.25) is 4.79 Å². The van der Waals surface area contributed by atoms with Crippen LogP contribution in [0.15, 0.2) is 0 Å². The Morgan fingerprint density at radius 1 is 1.70 bits per heavy atom. The first-order valence-electron chi connectivity index (χ1n) is 6.58. The normalized spacial score (nSPS) is 20.2. The fourth-order valence-electron chi connectivity index (χ4n) is 2.05. The van der Waals surface area contributed by atoms with Gasteiger partial charge in [-0.15, -0.1) is 0 Å². The van der Waals surface area contributed by atoms with Crippen LogP contribution in [0.2, 0.25) is 0 Å². The summed E-state index contributed by atoms with van der Waals surface area (Å²) in [7, 11) is 1.65. The number of thiazole rings is 1. The van der Waals surface area contributed by atoms with E-state index in [1.54, 1.807) is 14.0 Å². The molecule has 8 heteroatoms. The fraction of sp³-hybridized carbons (Fsp3) is 0.667. The zero-order valence-electron chi connectivity index (χ0n) is 11.7. The Labute approximate surface area is 122 Å². The van der Waals surface area contributed by atoms with E-state index in [9.17, 15) is 4.79 Å². The van der Waals surface area contributed by atoms with Crippen molar-refractivity contribution in [1.29, 1.82) is 0 Å². The van der Waals surface area contributed by atoms with Crippen LogP contribution in [-0.4, -0.2) is 59.7 Å². The van der Waals surface area contributed by atoms with Crippen LogP contribution in [0.4, 0.5) is 10.9 Å². The molecule has 2 rings (SSSR count). The first-order chi connectivity index (χ1) is 9.43. The molecule has 5 N–H and O–H groups in total. The Hall–Kier alpha value is -1.38. The van der Waals surface area contributed by atoms with Crippen LogP contribution in [-0.2, 0) is 0 Å². The van der Waals surface area contributed by atoms with E-state index in [1.807, 2.05) is 0 Å². The van der Waals surface area contributed by atoms with Crippen molar-refractivity contribution < 1.29 is 9.90 Å². The molecular formula is C12H21N5O2S. The van der Waals surface area contributed by atoms with E-state index in [2.05, 4.69) is 9.88 Å². The number of nitrogen functional groups attached to an aromatic ring is 1. The third kappa shape index (κ3) is 2.87.